The number of hydrogen-bond donors (Lipinski definition) is 2. The van der Waals surface area contributed by atoms with Gasteiger partial charge in [0.05, 0.1) is 12.6 Å². The van der Waals surface area contributed by atoms with E-state index in [4.69, 9.17) is 4.74 Å². The SMILES string of the molecule is CCCNc1cccc(NC2CCOC2)n1. The molecule has 1 fully saturated rings. The van der Waals surface area contributed by atoms with Gasteiger partial charge >= 0.3 is 0 Å². The molecule has 16 heavy (non-hydrogen) atoms. The second-order valence-electron chi connectivity index (χ2n) is 4.04. The number of hydrogen-bond acceptors (Lipinski definition) is 4. The minimum atomic E-state index is 0.411. The summed E-state index contributed by atoms with van der Waals surface area (Å²) in [4.78, 5) is 4.50. The molecule has 0 amide bonds. The van der Waals surface area contributed by atoms with Crippen LogP contribution < -0.4 is 10.6 Å². The summed E-state index contributed by atoms with van der Waals surface area (Å²) in [6.07, 6.45) is 2.17. The van der Waals surface area contributed by atoms with Crippen molar-refractivity contribution in [2.45, 2.75) is 25.8 Å². The van der Waals surface area contributed by atoms with Crippen LogP contribution in [0.2, 0.25) is 0 Å². The van der Waals surface area contributed by atoms with Crippen LogP contribution in [0.25, 0.3) is 0 Å². The fraction of sp³-hybridized carbons (Fsp3) is 0.583. The van der Waals surface area contributed by atoms with Gasteiger partial charge in [0.1, 0.15) is 11.6 Å². The van der Waals surface area contributed by atoms with Crippen LogP contribution in [0.1, 0.15) is 19.8 Å². The maximum Gasteiger partial charge on any atom is 0.128 e. The van der Waals surface area contributed by atoms with Crippen molar-refractivity contribution in [3.63, 3.8) is 0 Å². The predicted octanol–water partition coefficient (Wildman–Crippen LogP) is 2.10. The van der Waals surface area contributed by atoms with Crippen molar-refractivity contribution in [1.29, 1.82) is 0 Å². The molecular formula is C12H19N3O. The van der Waals surface area contributed by atoms with Crippen LogP contribution in [0.4, 0.5) is 11.6 Å². The average molecular weight is 221 g/mol. The topological polar surface area (TPSA) is 46.2 Å². The average Bonchev–Trinajstić information content (AvgIpc) is 2.80. The van der Waals surface area contributed by atoms with Gasteiger partial charge in [-0.3, -0.25) is 0 Å². The number of rotatable bonds is 5. The number of pyridine rings is 1. The van der Waals surface area contributed by atoms with Gasteiger partial charge in [-0.05, 0) is 25.0 Å². The van der Waals surface area contributed by atoms with E-state index in [2.05, 4.69) is 22.5 Å². The molecule has 1 aliphatic rings. The number of ether oxygens (including phenoxy) is 1. The molecule has 1 aliphatic heterocycles. The first-order valence-electron chi connectivity index (χ1n) is 5.93. The van der Waals surface area contributed by atoms with Crippen LogP contribution in [0.3, 0.4) is 0 Å². The maximum absolute atomic E-state index is 5.32. The van der Waals surface area contributed by atoms with E-state index in [1.54, 1.807) is 0 Å². The van der Waals surface area contributed by atoms with Crippen LogP contribution in [0.5, 0.6) is 0 Å². The monoisotopic (exact) mass is 221 g/mol. The van der Waals surface area contributed by atoms with Crippen LogP contribution in [0.15, 0.2) is 18.2 Å². The molecule has 0 aliphatic carbocycles. The number of nitrogens with zero attached hydrogens (tertiary/aromatic N) is 1. The van der Waals surface area contributed by atoms with Crippen molar-refractivity contribution in [2.24, 2.45) is 0 Å². The van der Waals surface area contributed by atoms with E-state index in [1.807, 2.05) is 18.2 Å². The highest BCUT2D eigenvalue weighted by Crippen LogP contribution is 2.13. The quantitative estimate of drug-likeness (QED) is 0.799. The van der Waals surface area contributed by atoms with Gasteiger partial charge in [-0.2, -0.15) is 0 Å². The zero-order valence-electron chi connectivity index (χ0n) is 9.70. The van der Waals surface area contributed by atoms with E-state index in [0.717, 1.165) is 44.2 Å². The van der Waals surface area contributed by atoms with Gasteiger partial charge in [-0.25, -0.2) is 4.98 Å². The molecule has 2 N–H and O–H groups in total. The minimum absolute atomic E-state index is 0.411. The van der Waals surface area contributed by atoms with E-state index in [-0.39, 0.29) is 0 Å². The molecule has 1 atom stereocenters. The summed E-state index contributed by atoms with van der Waals surface area (Å²) in [5, 5.41) is 6.66. The molecule has 0 radical (unpaired) electrons. The second kappa shape index (κ2) is 5.70. The van der Waals surface area contributed by atoms with Crippen molar-refractivity contribution >= 4 is 11.6 Å². The molecule has 0 aromatic carbocycles. The molecule has 88 valence electrons. The normalized spacial score (nSPS) is 19.7. The molecule has 4 heteroatoms. The Kier molecular flexibility index (Phi) is 3.99. The predicted molar refractivity (Wildman–Crippen MR) is 65.9 cm³/mol. The van der Waals surface area contributed by atoms with Crippen molar-refractivity contribution in [3.05, 3.63) is 18.2 Å². The maximum atomic E-state index is 5.32. The molecule has 4 nitrogen and oxygen atoms in total. The Hall–Kier alpha value is -1.29. The van der Waals surface area contributed by atoms with Gasteiger partial charge in [0, 0.05) is 13.2 Å². The van der Waals surface area contributed by atoms with Gasteiger partial charge in [0.2, 0.25) is 0 Å². The van der Waals surface area contributed by atoms with E-state index in [1.165, 1.54) is 0 Å². The standard InChI is InChI=1S/C12H19N3O/c1-2-7-13-11-4-3-5-12(15-11)14-10-6-8-16-9-10/h3-5,10H,2,6-9H2,1H3,(H2,13,14,15). The molecule has 1 saturated heterocycles. The summed E-state index contributed by atoms with van der Waals surface area (Å²) in [5.74, 6) is 1.86. The van der Waals surface area contributed by atoms with Crippen molar-refractivity contribution < 1.29 is 4.74 Å². The minimum Gasteiger partial charge on any atom is -0.379 e. The molecule has 1 aromatic heterocycles. The summed E-state index contributed by atoms with van der Waals surface area (Å²) >= 11 is 0. The zero-order valence-corrected chi connectivity index (χ0v) is 9.70. The molecule has 0 bridgehead atoms. The molecular weight excluding hydrogens is 202 g/mol. The first-order chi connectivity index (χ1) is 7.88. The van der Waals surface area contributed by atoms with Crippen LogP contribution in [-0.2, 0) is 4.74 Å². The first-order valence-corrected chi connectivity index (χ1v) is 5.93. The van der Waals surface area contributed by atoms with E-state index in [9.17, 15) is 0 Å². The van der Waals surface area contributed by atoms with Crippen LogP contribution in [0, 0.1) is 0 Å². The molecule has 0 saturated carbocycles. The van der Waals surface area contributed by atoms with Gasteiger partial charge in [0.25, 0.3) is 0 Å². The first kappa shape index (κ1) is 11.2. The number of aromatic nitrogens is 1. The summed E-state index contributed by atoms with van der Waals surface area (Å²) in [7, 11) is 0. The third-order valence-electron chi connectivity index (χ3n) is 2.59. The molecule has 2 rings (SSSR count). The third-order valence-corrected chi connectivity index (χ3v) is 2.59. The smallest absolute Gasteiger partial charge is 0.128 e. The summed E-state index contributed by atoms with van der Waals surface area (Å²) < 4.78 is 5.32. The van der Waals surface area contributed by atoms with Gasteiger partial charge in [-0.1, -0.05) is 13.0 Å². The zero-order chi connectivity index (χ0) is 11.2. The second-order valence-corrected chi connectivity index (χ2v) is 4.04. The van der Waals surface area contributed by atoms with Crippen molar-refractivity contribution in [1.82, 2.24) is 4.98 Å². The summed E-state index contributed by atoms with van der Waals surface area (Å²) in [5.41, 5.74) is 0. The highest BCUT2D eigenvalue weighted by atomic mass is 16.5. The third kappa shape index (κ3) is 3.10. The Balaban J connectivity index is 1.92. The highest BCUT2D eigenvalue weighted by molar-refractivity contribution is 5.45. The lowest BCUT2D eigenvalue weighted by atomic mass is 10.2. The Morgan fingerprint density at radius 3 is 3.06 bits per heavy atom. The van der Waals surface area contributed by atoms with Gasteiger partial charge < -0.3 is 15.4 Å². The van der Waals surface area contributed by atoms with Crippen LogP contribution >= 0.6 is 0 Å². The lowest BCUT2D eigenvalue weighted by molar-refractivity contribution is 0.195. The number of anilines is 2. The highest BCUT2D eigenvalue weighted by Gasteiger charge is 2.15. The van der Waals surface area contributed by atoms with Gasteiger partial charge in [-0.15, -0.1) is 0 Å². The summed E-state index contributed by atoms with van der Waals surface area (Å²) in [6.45, 7) is 4.74. The Bertz CT molecular complexity index is 324. The largest absolute Gasteiger partial charge is 0.379 e. The Morgan fingerprint density at radius 2 is 2.31 bits per heavy atom. The fourth-order valence-corrected chi connectivity index (χ4v) is 1.72. The molecule has 1 unspecified atom stereocenters. The Labute approximate surface area is 96.4 Å². The van der Waals surface area contributed by atoms with Crippen LogP contribution in [-0.4, -0.2) is 30.8 Å². The molecule has 2 heterocycles. The van der Waals surface area contributed by atoms with E-state index < -0.39 is 0 Å². The fourth-order valence-electron chi connectivity index (χ4n) is 1.72. The van der Waals surface area contributed by atoms with E-state index in [0.29, 0.717) is 6.04 Å². The van der Waals surface area contributed by atoms with E-state index >= 15 is 0 Å². The molecule has 1 aromatic rings. The molecule has 0 spiro atoms. The van der Waals surface area contributed by atoms with Crippen molar-refractivity contribution in [2.75, 3.05) is 30.4 Å². The Morgan fingerprint density at radius 1 is 1.44 bits per heavy atom. The van der Waals surface area contributed by atoms with Gasteiger partial charge in [0.15, 0.2) is 0 Å². The van der Waals surface area contributed by atoms with Crippen molar-refractivity contribution in [3.8, 4) is 0 Å². The lowest BCUT2D eigenvalue weighted by Gasteiger charge is -2.12. The number of nitrogens with one attached hydrogen (secondary N) is 2. The summed E-state index contributed by atoms with van der Waals surface area (Å²) in [6, 6.07) is 6.42. The lowest BCUT2D eigenvalue weighted by Crippen LogP contribution is -2.19.